The van der Waals surface area contributed by atoms with Gasteiger partial charge in [-0.25, -0.2) is 9.59 Å². The predicted molar refractivity (Wildman–Crippen MR) is 80.2 cm³/mol. The molecule has 7 heteroatoms. The zero-order valence-corrected chi connectivity index (χ0v) is 12.2. The Labute approximate surface area is 131 Å². The van der Waals surface area contributed by atoms with Crippen LogP contribution >= 0.6 is 0 Å². The van der Waals surface area contributed by atoms with Gasteiger partial charge in [0.2, 0.25) is 0 Å². The minimum absolute atomic E-state index is 0.110. The largest absolute Gasteiger partial charge is 0.450 e. The van der Waals surface area contributed by atoms with Crippen molar-refractivity contribution in [2.45, 2.75) is 6.92 Å². The van der Waals surface area contributed by atoms with Gasteiger partial charge in [0.15, 0.2) is 6.61 Å². The quantitative estimate of drug-likeness (QED) is 0.364. The number of carbonyl (C=O) groups is 2. The van der Waals surface area contributed by atoms with Crippen LogP contribution in [0.25, 0.3) is 0 Å². The molecule has 0 heterocycles. The van der Waals surface area contributed by atoms with Crippen molar-refractivity contribution in [1.82, 2.24) is 0 Å². The molecule has 0 aliphatic rings. The molecule has 0 fully saturated rings. The van der Waals surface area contributed by atoms with E-state index in [-0.39, 0.29) is 11.3 Å². The molecule has 0 unspecified atom stereocenters. The zero-order chi connectivity index (χ0) is 16.8. The van der Waals surface area contributed by atoms with Gasteiger partial charge in [0.25, 0.3) is 5.69 Å². The number of aryl methyl sites for hydroxylation is 1. The normalized spacial score (nSPS) is 9.96. The smallest absolute Gasteiger partial charge is 0.349 e. The van der Waals surface area contributed by atoms with E-state index in [0.717, 1.165) is 5.56 Å². The zero-order valence-electron chi connectivity index (χ0n) is 12.2. The summed E-state index contributed by atoms with van der Waals surface area (Å²) in [6, 6.07) is 11.7. The lowest BCUT2D eigenvalue weighted by Crippen LogP contribution is -2.18. The molecule has 0 amide bonds. The summed E-state index contributed by atoms with van der Waals surface area (Å²) < 4.78 is 9.80. The number of nitro benzene ring substituents is 1. The van der Waals surface area contributed by atoms with Crippen LogP contribution in [0, 0.1) is 17.0 Å². The summed E-state index contributed by atoms with van der Waals surface area (Å²) in [4.78, 5) is 33.3. The summed E-state index contributed by atoms with van der Waals surface area (Å²) in [5.41, 5.74) is 0.994. The third kappa shape index (κ3) is 4.63. The van der Waals surface area contributed by atoms with Crippen LogP contribution < -0.4 is 4.74 Å². The van der Waals surface area contributed by atoms with Gasteiger partial charge in [-0.1, -0.05) is 17.7 Å². The van der Waals surface area contributed by atoms with E-state index in [9.17, 15) is 19.7 Å². The molecule has 0 atom stereocenters. The van der Waals surface area contributed by atoms with Crippen molar-refractivity contribution in [2.24, 2.45) is 0 Å². The summed E-state index contributed by atoms with van der Waals surface area (Å²) in [6.07, 6.45) is 0. The fourth-order valence-electron chi connectivity index (χ4n) is 1.69. The van der Waals surface area contributed by atoms with Crippen LogP contribution in [-0.4, -0.2) is 23.5 Å². The van der Waals surface area contributed by atoms with Gasteiger partial charge >= 0.3 is 11.9 Å². The van der Waals surface area contributed by atoms with E-state index in [1.54, 1.807) is 24.3 Å². The van der Waals surface area contributed by atoms with Gasteiger partial charge in [-0.3, -0.25) is 10.1 Å². The number of nitro groups is 1. The number of nitrogens with zero attached hydrogens (tertiary/aromatic N) is 1. The van der Waals surface area contributed by atoms with Crippen molar-refractivity contribution < 1.29 is 24.0 Å². The van der Waals surface area contributed by atoms with Crippen LogP contribution in [0.3, 0.4) is 0 Å². The number of carbonyl (C=O) groups excluding carboxylic acids is 2. The maximum atomic E-state index is 11.7. The van der Waals surface area contributed by atoms with Crippen molar-refractivity contribution >= 4 is 17.6 Å². The molecule has 7 nitrogen and oxygen atoms in total. The van der Waals surface area contributed by atoms with Gasteiger partial charge in [0.1, 0.15) is 5.75 Å². The highest BCUT2D eigenvalue weighted by atomic mass is 16.6. The number of ether oxygens (including phenoxy) is 2. The molecule has 2 aromatic rings. The highest BCUT2D eigenvalue weighted by Crippen LogP contribution is 2.13. The number of benzene rings is 2. The van der Waals surface area contributed by atoms with Crippen molar-refractivity contribution in [1.29, 1.82) is 0 Å². The molecule has 0 saturated heterocycles. The Hall–Kier alpha value is -3.22. The number of rotatable bonds is 5. The van der Waals surface area contributed by atoms with Gasteiger partial charge in [-0.05, 0) is 31.2 Å². The molecule has 0 bridgehead atoms. The lowest BCUT2D eigenvalue weighted by Gasteiger charge is -2.06. The Morgan fingerprint density at radius 2 is 1.65 bits per heavy atom. The first kappa shape index (κ1) is 16.2. The molecule has 0 N–H and O–H groups in total. The average Bonchev–Trinajstić information content (AvgIpc) is 2.55. The molecule has 2 aromatic carbocycles. The van der Waals surface area contributed by atoms with Crippen molar-refractivity contribution in [3.8, 4) is 5.75 Å². The monoisotopic (exact) mass is 315 g/mol. The number of hydrogen-bond donors (Lipinski definition) is 0. The lowest BCUT2D eigenvalue weighted by atomic mass is 10.2. The Morgan fingerprint density at radius 1 is 1.04 bits per heavy atom. The number of hydrogen-bond acceptors (Lipinski definition) is 6. The molecular formula is C16H13NO6. The Kier molecular flexibility index (Phi) is 5.03. The highest BCUT2D eigenvalue weighted by Gasteiger charge is 2.13. The van der Waals surface area contributed by atoms with E-state index in [0.29, 0.717) is 5.75 Å². The summed E-state index contributed by atoms with van der Waals surface area (Å²) in [5.74, 6) is -1.13. The summed E-state index contributed by atoms with van der Waals surface area (Å²) in [7, 11) is 0. The van der Waals surface area contributed by atoms with E-state index in [1.807, 2.05) is 6.92 Å². The minimum atomic E-state index is -0.763. The average molecular weight is 315 g/mol. The molecule has 0 aliphatic heterocycles. The summed E-state index contributed by atoms with van der Waals surface area (Å²) in [6.45, 7) is 1.35. The molecule has 118 valence electrons. The number of non-ortho nitro benzene ring substituents is 1. The molecule has 0 saturated carbocycles. The third-order valence-electron chi connectivity index (χ3n) is 2.89. The SMILES string of the molecule is Cc1ccc(OC(=O)COC(=O)c2ccc([N+](=O)[O-])cc2)cc1. The third-order valence-corrected chi connectivity index (χ3v) is 2.89. The maximum Gasteiger partial charge on any atom is 0.349 e. The molecule has 0 spiro atoms. The molecular weight excluding hydrogens is 302 g/mol. The first-order chi connectivity index (χ1) is 11.0. The second kappa shape index (κ2) is 7.17. The van der Waals surface area contributed by atoms with Crippen LogP contribution in [0.5, 0.6) is 5.75 Å². The Bertz CT molecular complexity index is 721. The minimum Gasteiger partial charge on any atom is -0.450 e. The molecule has 23 heavy (non-hydrogen) atoms. The van der Waals surface area contributed by atoms with Gasteiger partial charge < -0.3 is 9.47 Å². The Morgan fingerprint density at radius 3 is 2.22 bits per heavy atom. The van der Waals surface area contributed by atoms with E-state index in [4.69, 9.17) is 9.47 Å². The van der Waals surface area contributed by atoms with E-state index >= 15 is 0 Å². The maximum absolute atomic E-state index is 11.7. The van der Waals surface area contributed by atoms with Crippen LogP contribution in [-0.2, 0) is 9.53 Å². The van der Waals surface area contributed by atoms with Crippen molar-refractivity contribution in [2.75, 3.05) is 6.61 Å². The van der Waals surface area contributed by atoms with Gasteiger partial charge in [-0.15, -0.1) is 0 Å². The first-order valence-corrected chi connectivity index (χ1v) is 6.64. The second-order valence-electron chi connectivity index (χ2n) is 4.67. The molecule has 0 aromatic heterocycles. The predicted octanol–water partition coefficient (Wildman–Crippen LogP) is 2.67. The summed E-state index contributed by atoms with van der Waals surface area (Å²) in [5, 5.41) is 10.5. The van der Waals surface area contributed by atoms with Crippen LogP contribution in [0.15, 0.2) is 48.5 Å². The van der Waals surface area contributed by atoms with Gasteiger partial charge in [-0.2, -0.15) is 0 Å². The van der Waals surface area contributed by atoms with Crippen molar-refractivity contribution in [3.05, 3.63) is 69.8 Å². The van der Waals surface area contributed by atoms with Gasteiger partial charge in [0, 0.05) is 12.1 Å². The van der Waals surface area contributed by atoms with Crippen LogP contribution in [0.1, 0.15) is 15.9 Å². The fourth-order valence-corrected chi connectivity index (χ4v) is 1.69. The topological polar surface area (TPSA) is 95.7 Å². The highest BCUT2D eigenvalue weighted by molar-refractivity contribution is 5.91. The molecule has 2 rings (SSSR count). The van der Waals surface area contributed by atoms with E-state index < -0.39 is 23.5 Å². The van der Waals surface area contributed by atoms with Crippen LogP contribution in [0.4, 0.5) is 5.69 Å². The first-order valence-electron chi connectivity index (χ1n) is 6.64. The standard InChI is InChI=1S/C16H13NO6/c1-11-2-8-14(9-3-11)23-15(18)10-22-16(19)12-4-6-13(7-5-12)17(20)21/h2-9H,10H2,1H3. The van der Waals surface area contributed by atoms with Crippen molar-refractivity contribution in [3.63, 3.8) is 0 Å². The lowest BCUT2D eigenvalue weighted by molar-refractivity contribution is -0.384. The fraction of sp³-hybridized carbons (Fsp3) is 0.125. The Balaban J connectivity index is 1.87. The van der Waals surface area contributed by atoms with Gasteiger partial charge in [0.05, 0.1) is 10.5 Å². The summed E-state index contributed by atoms with van der Waals surface area (Å²) >= 11 is 0. The molecule has 0 aliphatic carbocycles. The number of esters is 2. The van der Waals surface area contributed by atoms with E-state index in [2.05, 4.69) is 0 Å². The second-order valence-corrected chi connectivity index (χ2v) is 4.67. The van der Waals surface area contributed by atoms with Crippen LogP contribution in [0.2, 0.25) is 0 Å². The molecule has 0 radical (unpaired) electrons. The van der Waals surface area contributed by atoms with E-state index in [1.165, 1.54) is 24.3 Å².